The first-order chi connectivity index (χ1) is 8.51. The Bertz CT molecular complexity index is 363. The predicted octanol–water partition coefficient (Wildman–Crippen LogP) is 1.71. The minimum absolute atomic E-state index is 0.0791. The molecule has 0 saturated carbocycles. The Labute approximate surface area is 113 Å². The summed E-state index contributed by atoms with van der Waals surface area (Å²) in [6.07, 6.45) is 0. The Hall–Kier alpha value is -0.910. The summed E-state index contributed by atoms with van der Waals surface area (Å²) in [5.74, 6) is 0.0791. The third kappa shape index (κ3) is 4.08. The van der Waals surface area contributed by atoms with E-state index in [0.717, 1.165) is 0 Å². The maximum absolute atomic E-state index is 12.4. The summed E-state index contributed by atoms with van der Waals surface area (Å²) in [6.45, 7) is 5.87. The molecular weight excluding hydrogens is 248 g/mol. The van der Waals surface area contributed by atoms with Crippen LogP contribution in [0.1, 0.15) is 18.7 Å². The normalized spacial score (nSPS) is 11.6. The second-order valence-corrected chi connectivity index (χ2v) is 5.92. The van der Waals surface area contributed by atoms with Crippen molar-refractivity contribution in [1.29, 1.82) is 0 Å². The number of nitrogens with two attached hydrogens (primary N) is 1. The van der Waals surface area contributed by atoms with Crippen LogP contribution in [-0.2, 0) is 16.1 Å². The molecule has 0 aromatic carbocycles. The van der Waals surface area contributed by atoms with Crippen molar-refractivity contribution in [2.24, 2.45) is 11.1 Å². The number of hydrogen-bond donors (Lipinski definition) is 1. The number of rotatable bonds is 7. The van der Waals surface area contributed by atoms with Crippen LogP contribution in [0.4, 0.5) is 0 Å². The van der Waals surface area contributed by atoms with E-state index in [-0.39, 0.29) is 5.91 Å². The molecule has 1 rings (SSSR count). The fourth-order valence-corrected chi connectivity index (χ4v) is 2.28. The number of nitrogens with zero attached hydrogens (tertiary/aromatic N) is 1. The van der Waals surface area contributed by atoms with E-state index in [1.807, 2.05) is 36.3 Å². The van der Waals surface area contributed by atoms with Crippen molar-refractivity contribution < 1.29 is 9.53 Å². The number of carbonyl (C=O) groups excluding carboxylic acids is 1. The third-order valence-corrected chi connectivity index (χ3v) is 3.73. The van der Waals surface area contributed by atoms with Crippen molar-refractivity contribution in [3.63, 3.8) is 0 Å². The second kappa shape index (κ2) is 6.87. The summed E-state index contributed by atoms with van der Waals surface area (Å²) < 4.78 is 5.07. The first kappa shape index (κ1) is 15.1. The van der Waals surface area contributed by atoms with E-state index in [2.05, 4.69) is 0 Å². The zero-order valence-electron chi connectivity index (χ0n) is 11.3. The minimum atomic E-state index is -0.523. The van der Waals surface area contributed by atoms with Gasteiger partial charge < -0.3 is 15.4 Å². The number of ether oxygens (including phenoxy) is 1. The first-order valence-electron chi connectivity index (χ1n) is 6.02. The standard InChI is InChI=1S/C13H22N2O2S/c1-13(2,10-14)12(16)15(6-7-17-3)9-11-5-4-8-18-11/h4-5,8H,6-7,9-10,14H2,1-3H3. The van der Waals surface area contributed by atoms with Crippen LogP contribution in [0.15, 0.2) is 17.5 Å². The summed E-state index contributed by atoms with van der Waals surface area (Å²) >= 11 is 1.65. The number of thiophene rings is 1. The summed E-state index contributed by atoms with van der Waals surface area (Å²) in [5.41, 5.74) is 5.15. The maximum Gasteiger partial charge on any atom is 0.229 e. The Morgan fingerprint density at radius 2 is 2.28 bits per heavy atom. The Morgan fingerprint density at radius 3 is 2.78 bits per heavy atom. The first-order valence-corrected chi connectivity index (χ1v) is 6.90. The third-order valence-electron chi connectivity index (χ3n) is 2.87. The van der Waals surface area contributed by atoms with Gasteiger partial charge in [-0.25, -0.2) is 0 Å². The summed E-state index contributed by atoms with van der Waals surface area (Å²) in [5, 5.41) is 2.02. The lowest BCUT2D eigenvalue weighted by Crippen LogP contribution is -2.45. The lowest BCUT2D eigenvalue weighted by Gasteiger charge is -2.30. The molecule has 0 spiro atoms. The SMILES string of the molecule is COCCN(Cc1cccs1)C(=O)C(C)(C)CN. The smallest absolute Gasteiger partial charge is 0.229 e. The highest BCUT2D eigenvalue weighted by Gasteiger charge is 2.30. The van der Waals surface area contributed by atoms with Gasteiger partial charge in [0, 0.05) is 25.1 Å². The molecule has 4 nitrogen and oxygen atoms in total. The molecule has 1 aromatic rings. The number of carbonyl (C=O) groups is 1. The van der Waals surface area contributed by atoms with Gasteiger partial charge in [-0.2, -0.15) is 0 Å². The molecule has 0 saturated heterocycles. The molecule has 1 aromatic heterocycles. The van der Waals surface area contributed by atoms with Crippen LogP contribution in [0.5, 0.6) is 0 Å². The number of hydrogen-bond acceptors (Lipinski definition) is 4. The molecule has 0 fully saturated rings. The molecule has 1 amide bonds. The van der Waals surface area contributed by atoms with Crippen molar-refractivity contribution in [2.45, 2.75) is 20.4 Å². The second-order valence-electron chi connectivity index (χ2n) is 4.89. The van der Waals surface area contributed by atoms with Crippen molar-refractivity contribution in [1.82, 2.24) is 4.90 Å². The molecule has 1 heterocycles. The highest BCUT2D eigenvalue weighted by atomic mass is 32.1. The van der Waals surface area contributed by atoms with Gasteiger partial charge in [0.15, 0.2) is 0 Å². The molecule has 0 aliphatic heterocycles. The molecule has 0 unspecified atom stereocenters. The average Bonchev–Trinajstić information content (AvgIpc) is 2.86. The van der Waals surface area contributed by atoms with Gasteiger partial charge in [0.25, 0.3) is 0 Å². The van der Waals surface area contributed by atoms with E-state index in [1.165, 1.54) is 4.88 Å². The van der Waals surface area contributed by atoms with Crippen LogP contribution in [-0.4, -0.2) is 37.6 Å². The van der Waals surface area contributed by atoms with Gasteiger partial charge >= 0.3 is 0 Å². The van der Waals surface area contributed by atoms with Gasteiger partial charge in [-0.1, -0.05) is 6.07 Å². The predicted molar refractivity (Wildman–Crippen MR) is 74.4 cm³/mol. The van der Waals surface area contributed by atoms with Gasteiger partial charge in [-0.15, -0.1) is 11.3 Å². The van der Waals surface area contributed by atoms with Gasteiger partial charge in [-0.05, 0) is 25.3 Å². The fourth-order valence-electron chi connectivity index (χ4n) is 1.56. The van der Waals surface area contributed by atoms with Crippen molar-refractivity contribution >= 4 is 17.2 Å². The highest BCUT2D eigenvalue weighted by molar-refractivity contribution is 7.09. The van der Waals surface area contributed by atoms with Crippen molar-refractivity contribution in [3.8, 4) is 0 Å². The largest absolute Gasteiger partial charge is 0.383 e. The van der Waals surface area contributed by atoms with Crippen LogP contribution in [0, 0.1) is 5.41 Å². The van der Waals surface area contributed by atoms with E-state index < -0.39 is 5.41 Å². The van der Waals surface area contributed by atoms with E-state index in [9.17, 15) is 4.79 Å². The Balaban J connectivity index is 2.74. The lowest BCUT2D eigenvalue weighted by molar-refractivity contribution is -0.141. The van der Waals surface area contributed by atoms with Crippen LogP contribution in [0.3, 0.4) is 0 Å². The van der Waals surface area contributed by atoms with E-state index >= 15 is 0 Å². The number of methoxy groups -OCH3 is 1. The summed E-state index contributed by atoms with van der Waals surface area (Å²) in [7, 11) is 1.64. The zero-order chi connectivity index (χ0) is 13.6. The Kier molecular flexibility index (Phi) is 5.78. The van der Waals surface area contributed by atoms with Crippen molar-refractivity contribution in [2.75, 3.05) is 26.8 Å². The zero-order valence-corrected chi connectivity index (χ0v) is 12.1. The van der Waals surface area contributed by atoms with Gasteiger partial charge in [0.05, 0.1) is 18.6 Å². The minimum Gasteiger partial charge on any atom is -0.383 e. The quantitative estimate of drug-likeness (QED) is 0.820. The molecule has 0 bridgehead atoms. The molecule has 0 atom stereocenters. The summed E-state index contributed by atoms with van der Waals surface area (Å²) in [6, 6.07) is 4.03. The lowest BCUT2D eigenvalue weighted by atomic mass is 9.92. The number of amides is 1. The van der Waals surface area contributed by atoms with Crippen LogP contribution in [0.25, 0.3) is 0 Å². The summed E-state index contributed by atoms with van der Waals surface area (Å²) in [4.78, 5) is 15.4. The van der Waals surface area contributed by atoms with Gasteiger partial charge in [0.1, 0.15) is 0 Å². The fraction of sp³-hybridized carbons (Fsp3) is 0.615. The molecule has 18 heavy (non-hydrogen) atoms. The van der Waals surface area contributed by atoms with Crippen molar-refractivity contribution in [3.05, 3.63) is 22.4 Å². The average molecular weight is 270 g/mol. The Morgan fingerprint density at radius 1 is 1.56 bits per heavy atom. The highest BCUT2D eigenvalue weighted by Crippen LogP contribution is 2.20. The van der Waals surface area contributed by atoms with E-state index in [1.54, 1.807) is 18.4 Å². The van der Waals surface area contributed by atoms with Gasteiger partial charge in [0.2, 0.25) is 5.91 Å². The topological polar surface area (TPSA) is 55.6 Å². The molecular formula is C13H22N2O2S. The monoisotopic (exact) mass is 270 g/mol. The molecule has 102 valence electrons. The molecule has 5 heteroatoms. The van der Waals surface area contributed by atoms with E-state index in [4.69, 9.17) is 10.5 Å². The molecule has 0 aliphatic rings. The maximum atomic E-state index is 12.4. The molecule has 0 aliphatic carbocycles. The molecule has 2 N–H and O–H groups in total. The van der Waals surface area contributed by atoms with Gasteiger partial charge in [-0.3, -0.25) is 4.79 Å². The van der Waals surface area contributed by atoms with Crippen LogP contribution < -0.4 is 5.73 Å². The van der Waals surface area contributed by atoms with E-state index in [0.29, 0.717) is 26.2 Å². The van der Waals surface area contributed by atoms with Crippen LogP contribution >= 0.6 is 11.3 Å². The van der Waals surface area contributed by atoms with Crippen LogP contribution in [0.2, 0.25) is 0 Å². The molecule has 0 radical (unpaired) electrons.